The first-order valence-corrected chi connectivity index (χ1v) is 12.1. The molecule has 4 heterocycles. The van der Waals surface area contributed by atoms with Crippen molar-refractivity contribution in [3.63, 3.8) is 0 Å². The molecule has 0 amide bonds. The van der Waals surface area contributed by atoms with Gasteiger partial charge in [0.05, 0.1) is 23.1 Å². The van der Waals surface area contributed by atoms with E-state index in [0.29, 0.717) is 23.8 Å². The predicted molar refractivity (Wildman–Crippen MR) is 145 cm³/mol. The third kappa shape index (κ3) is 4.83. The van der Waals surface area contributed by atoms with Gasteiger partial charge in [0, 0.05) is 41.2 Å². The Hall–Kier alpha value is -4.43. The van der Waals surface area contributed by atoms with Gasteiger partial charge in [-0.2, -0.15) is 5.10 Å². The third-order valence-electron chi connectivity index (χ3n) is 6.24. The molecule has 0 aliphatic heterocycles. The van der Waals surface area contributed by atoms with E-state index in [1.165, 1.54) is 12.1 Å². The average Bonchev–Trinajstić information content (AvgIpc) is 3.50. The Morgan fingerprint density at radius 1 is 1.11 bits per heavy atom. The van der Waals surface area contributed by atoms with Crippen LogP contribution in [-0.2, 0) is 13.0 Å². The summed E-state index contributed by atoms with van der Waals surface area (Å²) in [4.78, 5) is 17.2. The summed E-state index contributed by atoms with van der Waals surface area (Å²) >= 11 is 0. The van der Waals surface area contributed by atoms with Crippen molar-refractivity contribution in [3.05, 3.63) is 102 Å². The second kappa shape index (κ2) is 10.3. The van der Waals surface area contributed by atoms with Gasteiger partial charge in [-0.1, -0.05) is 25.7 Å². The zero-order chi connectivity index (χ0) is 25.9. The maximum absolute atomic E-state index is 14.5. The molecule has 7 nitrogen and oxygen atoms in total. The number of aromatic amines is 2. The van der Waals surface area contributed by atoms with Crippen LogP contribution in [0.25, 0.3) is 39.3 Å². The maximum atomic E-state index is 14.5. The van der Waals surface area contributed by atoms with Crippen LogP contribution in [-0.4, -0.2) is 37.2 Å². The summed E-state index contributed by atoms with van der Waals surface area (Å²) in [5.74, 6) is 0.309. The van der Waals surface area contributed by atoms with Crippen molar-refractivity contribution in [2.45, 2.75) is 26.8 Å². The van der Waals surface area contributed by atoms with Crippen LogP contribution < -0.4 is 5.32 Å². The number of rotatable bonds is 8. The smallest absolute Gasteiger partial charge is 0.159 e. The van der Waals surface area contributed by atoms with Crippen molar-refractivity contribution in [1.29, 1.82) is 0 Å². The highest BCUT2D eigenvalue weighted by atomic mass is 19.1. The number of hydrogen-bond donors (Lipinski definition) is 3. The molecular formula is C29H28FN7. The molecule has 0 spiro atoms. The van der Waals surface area contributed by atoms with E-state index in [0.717, 1.165) is 56.5 Å². The minimum absolute atomic E-state index is 0.300. The normalized spacial score (nSPS) is 11.8. The van der Waals surface area contributed by atoms with E-state index in [-0.39, 0.29) is 5.82 Å². The van der Waals surface area contributed by atoms with Gasteiger partial charge in [0.2, 0.25) is 0 Å². The Balaban J connectivity index is 1.59. The first-order valence-electron chi connectivity index (χ1n) is 12.1. The van der Waals surface area contributed by atoms with E-state index in [9.17, 15) is 4.39 Å². The molecule has 0 fully saturated rings. The fourth-order valence-electron chi connectivity index (χ4n) is 4.45. The molecule has 0 unspecified atom stereocenters. The zero-order valence-electron chi connectivity index (χ0n) is 21.1. The van der Waals surface area contributed by atoms with E-state index in [1.807, 2.05) is 44.6 Å². The standard InChI is InChI=1S/C29H28FN7/c1-5-7-23(20-9-19(13-31-4)10-22(30)11-20)27-17(3)34-29(35-27)28-24-12-25(33-16-26(24)36-37-28)21-8-18(6-2)14-32-15-21/h5,7-12,14-16,31H,1,6,13H2,2-4H3,(H,34,35)(H,36,37)/b23-7-. The van der Waals surface area contributed by atoms with Crippen molar-refractivity contribution in [3.8, 4) is 22.8 Å². The summed E-state index contributed by atoms with van der Waals surface area (Å²) in [6.45, 7) is 8.46. The summed E-state index contributed by atoms with van der Waals surface area (Å²) < 4.78 is 14.5. The van der Waals surface area contributed by atoms with Gasteiger partial charge in [-0.3, -0.25) is 15.1 Å². The van der Waals surface area contributed by atoms with Crippen molar-refractivity contribution in [1.82, 2.24) is 35.5 Å². The van der Waals surface area contributed by atoms with E-state index < -0.39 is 0 Å². The quantitative estimate of drug-likeness (QED) is 0.239. The summed E-state index contributed by atoms with van der Waals surface area (Å²) in [6.07, 6.45) is 9.89. The van der Waals surface area contributed by atoms with Gasteiger partial charge < -0.3 is 10.3 Å². The minimum atomic E-state index is -0.300. The fraction of sp³-hybridized carbons (Fsp3) is 0.172. The van der Waals surface area contributed by atoms with Crippen LogP contribution in [0.5, 0.6) is 0 Å². The number of fused-ring (bicyclic) bond motifs is 1. The van der Waals surface area contributed by atoms with Crippen LogP contribution in [0, 0.1) is 12.7 Å². The van der Waals surface area contributed by atoms with Gasteiger partial charge in [0.25, 0.3) is 0 Å². The molecule has 3 N–H and O–H groups in total. The number of pyridine rings is 2. The van der Waals surface area contributed by atoms with Crippen molar-refractivity contribution in [2.75, 3.05) is 7.05 Å². The molecular weight excluding hydrogens is 465 g/mol. The number of H-pyrrole nitrogens is 2. The minimum Gasteiger partial charge on any atom is -0.340 e. The monoisotopic (exact) mass is 493 g/mol. The topological polar surface area (TPSA) is 95.2 Å². The largest absolute Gasteiger partial charge is 0.340 e. The third-order valence-corrected chi connectivity index (χ3v) is 6.24. The zero-order valence-corrected chi connectivity index (χ0v) is 21.1. The Kier molecular flexibility index (Phi) is 6.74. The number of imidazole rings is 1. The highest BCUT2D eigenvalue weighted by Gasteiger charge is 2.19. The van der Waals surface area contributed by atoms with Crippen LogP contribution in [0.1, 0.15) is 35.0 Å². The molecule has 1 aromatic carbocycles. The van der Waals surface area contributed by atoms with Gasteiger partial charge in [-0.25, -0.2) is 9.37 Å². The molecule has 0 saturated carbocycles. The van der Waals surface area contributed by atoms with Gasteiger partial charge in [0.15, 0.2) is 5.82 Å². The van der Waals surface area contributed by atoms with E-state index in [2.05, 4.69) is 50.0 Å². The highest BCUT2D eigenvalue weighted by molar-refractivity contribution is 5.93. The number of hydrogen-bond acceptors (Lipinski definition) is 5. The number of benzene rings is 1. The lowest BCUT2D eigenvalue weighted by molar-refractivity contribution is 0.623. The molecule has 0 bridgehead atoms. The van der Waals surface area contributed by atoms with Gasteiger partial charge in [0.1, 0.15) is 11.5 Å². The highest BCUT2D eigenvalue weighted by Crippen LogP contribution is 2.32. The Labute approximate surface area is 214 Å². The molecule has 0 atom stereocenters. The van der Waals surface area contributed by atoms with Gasteiger partial charge in [-0.15, -0.1) is 0 Å². The van der Waals surface area contributed by atoms with E-state index >= 15 is 0 Å². The van der Waals surface area contributed by atoms with Crippen LogP contribution in [0.2, 0.25) is 0 Å². The molecule has 5 rings (SSSR count). The number of halogens is 1. The molecule has 0 saturated heterocycles. The van der Waals surface area contributed by atoms with Crippen molar-refractivity contribution in [2.24, 2.45) is 0 Å². The van der Waals surface area contributed by atoms with Gasteiger partial charge >= 0.3 is 0 Å². The molecule has 8 heteroatoms. The van der Waals surface area contributed by atoms with Crippen LogP contribution in [0.15, 0.2) is 67.7 Å². The second-order valence-corrected chi connectivity index (χ2v) is 8.88. The Bertz CT molecular complexity index is 1630. The number of aryl methyl sites for hydroxylation is 2. The summed E-state index contributed by atoms with van der Waals surface area (Å²) in [7, 11) is 1.83. The maximum Gasteiger partial charge on any atom is 0.159 e. The lowest BCUT2D eigenvalue weighted by Crippen LogP contribution is -2.06. The SMILES string of the molecule is C=C/C=C(/c1cc(F)cc(CNC)c1)c1nc(-c2n[nH]c3cnc(-c4cncc(CC)c4)cc23)[nH]c1C. The first-order chi connectivity index (χ1) is 18.0. The van der Waals surface area contributed by atoms with E-state index in [1.54, 1.807) is 12.3 Å². The number of nitrogens with one attached hydrogen (secondary N) is 3. The number of allylic oxidation sites excluding steroid dienone is 2. The lowest BCUT2D eigenvalue weighted by atomic mass is 9.98. The molecule has 0 aliphatic rings. The van der Waals surface area contributed by atoms with E-state index in [4.69, 9.17) is 4.98 Å². The van der Waals surface area contributed by atoms with Crippen molar-refractivity contribution < 1.29 is 4.39 Å². The second-order valence-electron chi connectivity index (χ2n) is 8.88. The molecule has 186 valence electrons. The molecule has 37 heavy (non-hydrogen) atoms. The molecule has 0 radical (unpaired) electrons. The average molecular weight is 494 g/mol. The molecule has 4 aromatic heterocycles. The predicted octanol–water partition coefficient (Wildman–Crippen LogP) is 5.76. The van der Waals surface area contributed by atoms with Crippen LogP contribution in [0.3, 0.4) is 0 Å². The summed E-state index contributed by atoms with van der Waals surface area (Å²) in [5, 5.41) is 11.6. The van der Waals surface area contributed by atoms with Crippen LogP contribution in [0.4, 0.5) is 4.39 Å². The first kappa shape index (κ1) is 24.3. The van der Waals surface area contributed by atoms with Crippen molar-refractivity contribution >= 4 is 16.5 Å². The van der Waals surface area contributed by atoms with Crippen LogP contribution >= 0.6 is 0 Å². The Morgan fingerprint density at radius 3 is 2.76 bits per heavy atom. The lowest BCUT2D eigenvalue weighted by Gasteiger charge is -2.09. The number of nitrogens with zero attached hydrogens (tertiary/aromatic N) is 4. The fourth-order valence-corrected chi connectivity index (χ4v) is 4.45. The van der Waals surface area contributed by atoms with Gasteiger partial charge in [-0.05, 0) is 67.4 Å². The Morgan fingerprint density at radius 2 is 1.97 bits per heavy atom. The summed E-state index contributed by atoms with van der Waals surface area (Å²) in [5.41, 5.74) is 8.29. The summed E-state index contributed by atoms with van der Waals surface area (Å²) in [6, 6.07) is 9.11. The molecule has 5 aromatic rings. The number of aromatic nitrogens is 6. The molecule has 0 aliphatic carbocycles.